The molecule has 2 aromatic carbocycles. The molecule has 2 aromatic rings. The fourth-order valence-corrected chi connectivity index (χ4v) is 5.98. The van der Waals surface area contributed by atoms with Gasteiger partial charge in [-0.05, 0) is 56.7 Å². The van der Waals surface area contributed by atoms with Crippen LogP contribution in [0.15, 0.2) is 42.5 Å². The number of carbonyl (C=O) groups is 6. The topological polar surface area (TPSA) is 262 Å². The first-order valence-corrected chi connectivity index (χ1v) is 19.7. The molecule has 0 spiro atoms. The molecule has 332 valence electrons. The molecular weight excluding hydrogens is 820 g/mol. The fraction of sp³-hybridized carbons (Fsp3) is 0.526. The number of ether oxygens (including phenoxy) is 9. The third-order valence-corrected chi connectivity index (χ3v) is 8.25. The Labute approximate surface area is 346 Å². The summed E-state index contributed by atoms with van der Waals surface area (Å²) in [5.41, 5.74) is -0.0941. The summed E-state index contributed by atoms with van der Waals surface area (Å²) in [5, 5.41) is 5.13. The minimum absolute atomic E-state index is 0.00900. The molecule has 60 heavy (non-hydrogen) atoms. The number of nitrogens with one attached hydrogen (secondary N) is 2. The molecule has 2 N–H and O–H groups in total. The Morgan fingerprint density at radius 2 is 1.33 bits per heavy atom. The zero-order valence-corrected chi connectivity index (χ0v) is 35.2. The molecule has 22 heteroatoms. The molecule has 21 nitrogen and oxygen atoms in total. The quantitative estimate of drug-likeness (QED) is 0.110. The first-order valence-electron chi connectivity index (χ1n) is 18.3. The average molecular weight is 871 g/mol. The standard InChI is InChI=1S/C38H50N2O19S/c1-22(41)51-21-31-32(52-23(2)42)33(53-24(3)43)34(54-25(4)44)36(56-31)55-29-14-11-27(35(45)39-15-17-50-18-16-40-37(46)57-38(5,6)7)19-30(29)59-60(47,48)58-28-12-9-26(10-13-28)20-49-8/h9-14,19,31-34,36H,15-18,20-21H2,1-8H3,(H,39,45)(H,40,46)/t31-,32+,33+,34-,36?/m1/s1. The number of benzene rings is 2. The molecule has 1 fully saturated rings. The summed E-state index contributed by atoms with van der Waals surface area (Å²) in [6.07, 6.45) is -8.65. The van der Waals surface area contributed by atoms with E-state index in [4.69, 9.17) is 51.0 Å². The van der Waals surface area contributed by atoms with Crippen LogP contribution < -0.4 is 23.7 Å². The van der Waals surface area contributed by atoms with Crippen LogP contribution in [-0.2, 0) is 74.1 Å². The second-order valence-electron chi connectivity index (χ2n) is 13.8. The lowest BCUT2D eigenvalue weighted by Gasteiger charge is -2.43. The number of hydrogen-bond acceptors (Lipinski definition) is 19. The van der Waals surface area contributed by atoms with Crippen molar-refractivity contribution in [3.05, 3.63) is 53.6 Å². The SMILES string of the molecule is COCc1ccc(OS(=O)(=O)Oc2cc(C(=O)NCCOCCNC(=O)OC(C)(C)C)ccc2OC2O[C@H](COC(C)=O)[C@H](OC(C)=O)[C@H](OC(C)=O)[C@H]2OC(C)=O)cc1. The van der Waals surface area contributed by atoms with Crippen molar-refractivity contribution in [2.24, 2.45) is 0 Å². The van der Waals surface area contributed by atoms with Crippen molar-refractivity contribution in [2.45, 2.75) is 91.4 Å². The molecule has 2 amide bonds. The smallest absolute Gasteiger partial charge is 0.463 e. The molecule has 3 rings (SSSR count). The van der Waals surface area contributed by atoms with Crippen LogP contribution in [-0.4, -0.2) is 121 Å². The van der Waals surface area contributed by atoms with Crippen molar-refractivity contribution in [1.29, 1.82) is 0 Å². The molecule has 5 atom stereocenters. The lowest BCUT2D eigenvalue weighted by atomic mass is 9.98. The van der Waals surface area contributed by atoms with Gasteiger partial charge in [0.05, 0.1) is 19.8 Å². The molecule has 1 unspecified atom stereocenters. The minimum Gasteiger partial charge on any atom is -0.463 e. The van der Waals surface area contributed by atoms with Crippen LogP contribution >= 0.6 is 0 Å². The van der Waals surface area contributed by atoms with Gasteiger partial charge in [0.2, 0.25) is 12.4 Å². The molecule has 1 heterocycles. The Kier molecular flexibility index (Phi) is 18.3. The maximum atomic E-state index is 13.3. The number of methoxy groups -OCH3 is 1. The predicted molar refractivity (Wildman–Crippen MR) is 204 cm³/mol. The number of alkyl carbamates (subject to hydrolysis) is 1. The highest BCUT2D eigenvalue weighted by Crippen LogP contribution is 2.36. The van der Waals surface area contributed by atoms with Gasteiger partial charge in [-0.2, -0.15) is 0 Å². The molecule has 0 aromatic heterocycles. The van der Waals surface area contributed by atoms with E-state index < -0.39 is 101 Å². The Balaban J connectivity index is 1.93. The third kappa shape index (κ3) is 16.9. The van der Waals surface area contributed by atoms with Gasteiger partial charge < -0.3 is 61.6 Å². The lowest BCUT2D eigenvalue weighted by molar-refractivity contribution is -0.288. The first-order chi connectivity index (χ1) is 28.2. The van der Waals surface area contributed by atoms with Crippen molar-refractivity contribution in [3.8, 4) is 17.2 Å². The third-order valence-electron chi connectivity index (χ3n) is 7.47. The zero-order chi connectivity index (χ0) is 44.6. The van der Waals surface area contributed by atoms with Crippen LogP contribution in [0.1, 0.15) is 64.4 Å². The fourth-order valence-electron chi connectivity index (χ4n) is 5.25. The number of esters is 4. The van der Waals surface area contributed by atoms with Crippen LogP contribution in [0.2, 0.25) is 0 Å². The first kappa shape index (κ1) is 48.7. The van der Waals surface area contributed by atoms with Crippen LogP contribution in [0.5, 0.6) is 17.2 Å². The lowest BCUT2D eigenvalue weighted by Crippen LogP contribution is -2.63. The normalized spacial score (nSPS) is 18.8. The van der Waals surface area contributed by atoms with Crippen molar-refractivity contribution >= 4 is 46.3 Å². The van der Waals surface area contributed by atoms with E-state index in [2.05, 4.69) is 10.6 Å². The van der Waals surface area contributed by atoms with Gasteiger partial charge in [-0.3, -0.25) is 24.0 Å². The summed E-state index contributed by atoms with van der Waals surface area (Å²) in [6.45, 7) is 9.30. The molecule has 0 aliphatic carbocycles. The molecule has 0 bridgehead atoms. The highest BCUT2D eigenvalue weighted by Gasteiger charge is 2.53. The van der Waals surface area contributed by atoms with E-state index in [1.54, 1.807) is 32.9 Å². The van der Waals surface area contributed by atoms with Crippen molar-refractivity contribution in [3.63, 3.8) is 0 Å². The number of hydrogen-bond donors (Lipinski definition) is 2. The van der Waals surface area contributed by atoms with Gasteiger partial charge in [0.1, 0.15) is 24.1 Å². The van der Waals surface area contributed by atoms with E-state index in [9.17, 15) is 37.2 Å². The Morgan fingerprint density at radius 1 is 0.733 bits per heavy atom. The summed E-state index contributed by atoms with van der Waals surface area (Å²) >= 11 is 0. The Hall–Kier alpha value is -5.71. The number of amides is 2. The van der Waals surface area contributed by atoms with Crippen LogP contribution in [0.25, 0.3) is 0 Å². The summed E-state index contributed by atoms with van der Waals surface area (Å²) in [7, 11) is -3.50. The Bertz CT molecular complexity index is 1910. The maximum Gasteiger partial charge on any atom is 0.501 e. The predicted octanol–water partition coefficient (Wildman–Crippen LogP) is 2.27. The van der Waals surface area contributed by atoms with Gasteiger partial charge in [-0.1, -0.05) is 12.1 Å². The maximum absolute atomic E-state index is 13.3. The van der Waals surface area contributed by atoms with Gasteiger partial charge in [-0.25, -0.2) is 4.79 Å². The highest BCUT2D eigenvalue weighted by atomic mass is 32.3. The molecule has 0 radical (unpaired) electrons. The van der Waals surface area contributed by atoms with E-state index in [1.165, 1.54) is 25.3 Å². The summed E-state index contributed by atoms with van der Waals surface area (Å²) < 4.78 is 86.1. The molecule has 1 aliphatic rings. The molecule has 0 saturated carbocycles. The largest absolute Gasteiger partial charge is 0.501 e. The van der Waals surface area contributed by atoms with E-state index >= 15 is 0 Å². The minimum atomic E-state index is -4.99. The van der Waals surface area contributed by atoms with Crippen molar-refractivity contribution in [2.75, 3.05) is 40.0 Å². The van der Waals surface area contributed by atoms with Crippen LogP contribution in [0, 0.1) is 0 Å². The summed E-state index contributed by atoms with van der Waals surface area (Å²) in [4.78, 5) is 73.6. The molecular formula is C38H50N2O19S. The van der Waals surface area contributed by atoms with E-state index in [1.807, 2.05) is 0 Å². The van der Waals surface area contributed by atoms with E-state index in [0.717, 1.165) is 39.8 Å². The van der Waals surface area contributed by atoms with Gasteiger partial charge >= 0.3 is 40.4 Å². The van der Waals surface area contributed by atoms with Crippen molar-refractivity contribution in [1.82, 2.24) is 10.6 Å². The Morgan fingerprint density at radius 3 is 1.92 bits per heavy atom. The van der Waals surface area contributed by atoms with E-state index in [-0.39, 0.29) is 44.2 Å². The summed E-state index contributed by atoms with van der Waals surface area (Å²) in [6, 6.07) is 9.18. The summed E-state index contributed by atoms with van der Waals surface area (Å²) in [5.74, 6) is -5.36. The van der Waals surface area contributed by atoms with Crippen LogP contribution in [0.3, 0.4) is 0 Å². The molecule has 1 saturated heterocycles. The van der Waals surface area contributed by atoms with Gasteiger partial charge in [-0.15, -0.1) is 8.42 Å². The van der Waals surface area contributed by atoms with E-state index in [0.29, 0.717) is 5.56 Å². The highest BCUT2D eigenvalue weighted by molar-refractivity contribution is 7.82. The average Bonchev–Trinajstić information content (AvgIpc) is 3.12. The van der Waals surface area contributed by atoms with Crippen molar-refractivity contribution < 1.29 is 88.2 Å². The number of rotatable bonds is 20. The monoisotopic (exact) mass is 870 g/mol. The zero-order valence-electron chi connectivity index (χ0n) is 34.3. The van der Waals surface area contributed by atoms with Gasteiger partial charge in [0.15, 0.2) is 23.7 Å². The second-order valence-corrected chi connectivity index (χ2v) is 14.9. The van der Waals surface area contributed by atoms with Gasteiger partial charge in [0, 0.05) is 53.5 Å². The number of carbonyl (C=O) groups excluding carboxylic acids is 6. The van der Waals surface area contributed by atoms with Crippen LogP contribution in [0.4, 0.5) is 4.79 Å². The second kappa shape index (κ2) is 22.6. The molecule has 1 aliphatic heterocycles. The van der Waals surface area contributed by atoms with Gasteiger partial charge in [0.25, 0.3) is 5.91 Å².